The van der Waals surface area contributed by atoms with Crippen molar-refractivity contribution in [3.63, 3.8) is 0 Å². The van der Waals surface area contributed by atoms with Gasteiger partial charge >= 0.3 is 0 Å². The third-order valence-corrected chi connectivity index (χ3v) is 3.77. The molecule has 0 unspecified atom stereocenters. The van der Waals surface area contributed by atoms with Crippen molar-refractivity contribution in [2.24, 2.45) is 0 Å². The van der Waals surface area contributed by atoms with E-state index in [0.717, 1.165) is 6.07 Å². The Hall–Kier alpha value is -2.54. The minimum Gasteiger partial charge on any atom is -0.381 e. The van der Waals surface area contributed by atoms with E-state index in [1.807, 2.05) is 0 Å². The molecule has 114 valence electrons. The molecule has 5 nitrogen and oxygen atoms in total. The van der Waals surface area contributed by atoms with E-state index in [4.69, 9.17) is 0 Å². The van der Waals surface area contributed by atoms with Gasteiger partial charge in [0.15, 0.2) is 5.82 Å². The monoisotopic (exact) mass is 306 g/mol. The zero-order chi connectivity index (χ0) is 15.9. The predicted octanol–water partition coefficient (Wildman–Crippen LogP) is 2.58. The average molecular weight is 306 g/mol. The van der Waals surface area contributed by atoms with Gasteiger partial charge < -0.3 is 10.0 Å². The van der Waals surface area contributed by atoms with Crippen LogP contribution in [0.5, 0.6) is 0 Å². The van der Waals surface area contributed by atoms with Crippen LogP contribution in [0.4, 0.5) is 20.2 Å². The summed E-state index contributed by atoms with van der Waals surface area (Å²) in [4.78, 5) is 11.5. The highest BCUT2D eigenvalue weighted by atomic mass is 19.1. The van der Waals surface area contributed by atoms with Gasteiger partial charge in [-0.05, 0) is 23.8 Å². The Morgan fingerprint density at radius 3 is 2.32 bits per heavy atom. The molecule has 3 rings (SSSR count). The molecule has 0 spiro atoms. The number of halogens is 2. The van der Waals surface area contributed by atoms with Crippen molar-refractivity contribution in [2.75, 3.05) is 18.0 Å². The number of benzene rings is 2. The van der Waals surface area contributed by atoms with Gasteiger partial charge in [-0.1, -0.05) is 12.1 Å². The lowest BCUT2D eigenvalue weighted by molar-refractivity contribution is -0.385. The molecule has 0 atom stereocenters. The molecule has 0 radical (unpaired) electrons. The lowest BCUT2D eigenvalue weighted by Crippen LogP contribution is -2.59. The van der Waals surface area contributed by atoms with Crippen LogP contribution in [0.1, 0.15) is 5.56 Å². The minimum atomic E-state index is -1.18. The number of aliphatic hydroxyl groups is 1. The molecule has 22 heavy (non-hydrogen) atoms. The number of anilines is 1. The second-order valence-electron chi connectivity index (χ2n) is 5.29. The number of non-ortho nitro benzene ring substituents is 1. The molecular formula is C15H12F2N2O3. The maximum absolute atomic E-state index is 13.9. The highest BCUT2D eigenvalue weighted by Crippen LogP contribution is 2.37. The van der Waals surface area contributed by atoms with E-state index in [-0.39, 0.29) is 24.5 Å². The fourth-order valence-corrected chi connectivity index (χ4v) is 2.56. The van der Waals surface area contributed by atoms with E-state index >= 15 is 0 Å². The summed E-state index contributed by atoms with van der Waals surface area (Å²) in [5.74, 6) is -1.11. The minimum absolute atomic E-state index is 0.132. The fraction of sp³-hybridized carbons (Fsp3) is 0.200. The lowest BCUT2D eigenvalue weighted by atomic mass is 9.85. The van der Waals surface area contributed by atoms with E-state index in [1.165, 1.54) is 36.4 Å². The van der Waals surface area contributed by atoms with Crippen LogP contribution in [0.3, 0.4) is 0 Å². The van der Waals surface area contributed by atoms with E-state index in [0.29, 0.717) is 5.56 Å². The summed E-state index contributed by atoms with van der Waals surface area (Å²) < 4.78 is 26.8. The number of β-amino-alcohol motifs (C(OH)–C–C–N with tert-alkyl or cyclic N) is 1. The summed E-state index contributed by atoms with van der Waals surface area (Å²) in [6.07, 6.45) is 0. The van der Waals surface area contributed by atoms with Gasteiger partial charge in [-0.25, -0.2) is 8.78 Å². The van der Waals surface area contributed by atoms with Crippen LogP contribution in [0, 0.1) is 21.7 Å². The Bertz CT molecular complexity index is 728. The standard InChI is InChI=1S/C15H12F2N2O3/c16-11-3-1-10(2-4-11)15(20)8-18(9-15)14-6-5-12(19(21)22)7-13(14)17/h1-7,20H,8-9H2. The van der Waals surface area contributed by atoms with Crippen molar-refractivity contribution in [2.45, 2.75) is 5.60 Å². The highest BCUT2D eigenvalue weighted by Gasteiger charge is 2.43. The number of nitrogens with zero attached hydrogens (tertiary/aromatic N) is 2. The topological polar surface area (TPSA) is 66.6 Å². The summed E-state index contributed by atoms with van der Waals surface area (Å²) in [5, 5.41) is 21.0. The van der Waals surface area contributed by atoms with Gasteiger partial charge in [0.05, 0.1) is 29.8 Å². The van der Waals surface area contributed by atoms with Gasteiger partial charge in [0.25, 0.3) is 5.69 Å². The molecule has 0 aliphatic carbocycles. The van der Waals surface area contributed by atoms with Crippen molar-refractivity contribution in [3.8, 4) is 0 Å². The molecular weight excluding hydrogens is 294 g/mol. The third kappa shape index (κ3) is 2.39. The molecule has 1 saturated heterocycles. The zero-order valence-corrected chi connectivity index (χ0v) is 11.4. The quantitative estimate of drug-likeness (QED) is 0.699. The van der Waals surface area contributed by atoms with E-state index < -0.39 is 22.2 Å². The Labute approximate surface area is 124 Å². The molecule has 1 aliphatic rings. The summed E-state index contributed by atoms with van der Waals surface area (Å²) in [7, 11) is 0. The Morgan fingerprint density at radius 1 is 1.14 bits per heavy atom. The van der Waals surface area contributed by atoms with Crippen LogP contribution in [0.2, 0.25) is 0 Å². The molecule has 1 N–H and O–H groups in total. The van der Waals surface area contributed by atoms with Gasteiger partial charge in [-0.3, -0.25) is 10.1 Å². The Kier molecular flexibility index (Phi) is 3.29. The first-order valence-electron chi connectivity index (χ1n) is 6.56. The molecule has 2 aromatic rings. The second-order valence-corrected chi connectivity index (χ2v) is 5.29. The van der Waals surface area contributed by atoms with Gasteiger partial charge in [0, 0.05) is 6.07 Å². The number of hydrogen-bond donors (Lipinski definition) is 1. The number of rotatable bonds is 3. The second kappa shape index (κ2) is 5.03. The van der Waals surface area contributed by atoms with Gasteiger partial charge in [-0.2, -0.15) is 0 Å². The van der Waals surface area contributed by atoms with E-state index in [2.05, 4.69) is 0 Å². The van der Waals surface area contributed by atoms with Crippen molar-refractivity contribution in [1.29, 1.82) is 0 Å². The summed E-state index contributed by atoms with van der Waals surface area (Å²) in [6, 6.07) is 8.86. The van der Waals surface area contributed by atoms with E-state index in [1.54, 1.807) is 4.90 Å². The van der Waals surface area contributed by atoms with Crippen LogP contribution < -0.4 is 4.90 Å². The first-order valence-corrected chi connectivity index (χ1v) is 6.56. The van der Waals surface area contributed by atoms with Crippen molar-refractivity contribution in [1.82, 2.24) is 0 Å². The maximum atomic E-state index is 13.9. The van der Waals surface area contributed by atoms with E-state index in [9.17, 15) is 24.0 Å². The fourth-order valence-electron chi connectivity index (χ4n) is 2.56. The number of nitro groups is 1. The normalized spacial score (nSPS) is 16.2. The summed E-state index contributed by atoms with van der Waals surface area (Å²) in [5.41, 5.74) is -0.762. The predicted molar refractivity (Wildman–Crippen MR) is 75.6 cm³/mol. The van der Waals surface area contributed by atoms with Gasteiger partial charge in [0.1, 0.15) is 11.4 Å². The van der Waals surface area contributed by atoms with Crippen LogP contribution >= 0.6 is 0 Å². The van der Waals surface area contributed by atoms with Crippen molar-refractivity contribution in [3.05, 3.63) is 69.8 Å². The molecule has 2 aromatic carbocycles. The first kappa shape index (κ1) is 14.4. The lowest BCUT2D eigenvalue weighted by Gasteiger charge is -2.48. The Balaban J connectivity index is 1.78. The molecule has 0 bridgehead atoms. The zero-order valence-electron chi connectivity index (χ0n) is 11.4. The maximum Gasteiger partial charge on any atom is 0.272 e. The molecule has 1 aliphatic heterocycles. The first-order chi connectivity index (χ1) is 10.4. The van der Waals surface area contributed by atoms with Crippen LogP contribution in [0.15, 0.2) is 42.5 Å². The smallest absolute Gasteiger partial charge is 0.272 e. The van der Waals surface area contributed by atoms with Crippen molar-refractivity contribution < 1.29 is 18.8 Å². The molecule has 0 saturated carbocycles. The SMILES string of the molecule is O=[N+]([O-])c1ccc(N2CC(O)(c3ccc(F)cc3)C2)c(F)c1. The van der Waals surface area contributed by atoms with Crippen molar-refractivity contribution >= 4 is 11.4 Å². The van der Waals surface area contributed by atoms with Crippen LogP contribution in [-0.4, -0.2) is 23.1 Å². The molecule has 7 heteroatoms. The van der Waals surface area contributed by atoms with Gasteiger partial charge in [-0.15, -0.1) is 0 Å². The number of hydrogen-bond acceptors (Lipinski definition) is 4. The molecule has 0 amide bonds. The highest BCUT2D eigenvalue weighted by molar-refractivity contribution is 5.56. The average Bonchev–Trinajstić information content (AvgIpc) is 2.45. The Morgan fingerprint density at radius 2 is 1.77 bits per heavy atom. The van der Waals surface area contributed by atoms with Crippen LogP contribution in [-0.2, 0) is 5.60 Å². The molecule has 1 fully saturated rings. The number of nitro benzene ring substituents is 1. The molecule has 1 heterocycles. The van der Waals surface area contributed by atoms with Gasteiger partial charge in [0.2, 0.25) is 0 Å². The molecule has 0 aromatic heterocycles. The summed E-state index contributed by atoms with van der Waals surface area (Å²) in [6.45, 7) is 0.265. The largest absolute Gasteiger partial charge is 0.381 e. The summed E-state index contributed by atoms with van der Waals surface area (Å²) >= 11 is 0. The van der Waals surface area contributed by atoms with Crippen LogP contribution in [0.25, 0.3) is 0 Å². The third-order valence-electron chi connectivity index (χ3n) is 3.77.